The molecule has 1 heterocycles. The van der Waals surface area contributed by atoms with Gasteiger partial charge in [-0.2, -0.15) is 0 Å². The van der Waals surface area contributed by atoms with E-state index in [0.717, 1.165) is 11.1 Å². The molecule has 0 spiro atoms. The van der Waals surface area contributed by atoms with Gasteiger partial charge in [-0.15, -0.1) is 0 Å². The zero-order chi connectivity index (χ0) is 17.1. The van der Waals surface area contributed by atoms with Gasteiger partial charge in [-0.25, -0.2) is 4.39 Å². The number of benzene rings is 2. The maximum Gasteiger partial charge on any atom is 0.254 e. The van der Waals surface area contributed by atoms with Crippen molar-refractivity contribution in [3.8, 4) is 0 Å². The lowest BCUT2D eigenvalue weighted by atomic mass is 10.1. The van der Waals surface area contributed by atoms with Gasteiger partial charge in [0.25, 0.3) is 5.91 Å². The third-order valence-electron chi connectivity index (χ3n) is 4.48. The molecule has 0 radical (unpaired) electrons. The van der Waals surface area contributed by atoms with Crippen LogP contribution in [0.3, 0.4) is 0 Å². The van der Waals surface area contributed by atoms with Gasteiger partial charge in [0.2, 0.25) is 0 Å². The van der Waals surface area contributed by atoms with E-state index in [4.69, 9.17) is 11.6 Å². The number of carbonyl (C=O) groups is 1. The Morgan fingerprint density at radius 3 is 2.46 bits per heavy atom. The number of piperazine rings is 1. The minimum Gasteiger partial charge on any atom is -0.336 e. The third kappa shape index (κ3) is 3.60. The molecule has 1 saturated heterocycles. The zero-order valence-corrected chi connectivity index (χ0v) is 14.4. The van der Waals surface area contributed by atoms with E-state index in [9.17, 15) is 9.18 Å². The number of aryl methyl sites for hydroxylation is 1. The molecule has 0 bridgehead atoms. The van der Waals surface area contributed by atoms with Crippen molar-refractivity contribution in [2.24, 2.45) is 0 Å². The number of rotatable bonds is 3. The molecule has 0 aliphatic carbocycles. The van der Waals surface area contributed by atoms with Gasteiger partial charge in [0.15, 0.2) is 0 Å². The summed E-state index contributed by atoms with van der Waals surface area (Å²) in [4.78, 5) is 16.6. The lowest BCUT2D eigenvalue weighted by Crippen LogP contribution is -2.48. The first-order chi connectivity index (χ1) is 11.6. The highest BCUT2D eigenvalue weighted by Gasteiger charge is 2.23. The van der Waals surface area contributed by atoms with Crippen molar-refractivity contribution in [2.45, 2.75) is 13.5 Å². The van der Waals surface area contributed by atoms with Crippen LogP contribution < -0.4 is 0 Å². The molecule has 0 N–H and O–H groups in total. The van der Waals surface area contributed by atoms with E-state index in [-0.39, 0.29) is 11.7 Å². The van der Waals surface area contributed by atoms with Crippen molar-refractivity contribution in [3.05, 3.63) is 70.0 Å². The summed E-state index contributed by atoms with van der Waals surface area (Å²) >= 11 is 6.09. The summed E-state index contributed by atoms with van der Waals surface area (Å²) in [5, 5.41) is 0.452. The molecular weight excluding hydrogens is 327 g/mol. The fourth-order valence-electron chi connectivity index (χ4n) is 3.00. The first-order valence-electron chi connectivity index (χ1n) is 8.06. The van der Waals surface area contributed by atoms with Crippen LogP contribution in [0.25, 0.3) is 0 Å². The molecule has 1 amide bonds. The zero-order valence-electron chi connectivity index (χ0n) is 13.6. The fourth-order valence-corrected chi connectivity index (χ4v) is 3.22. The van der Waals surface area contributed by atoms with E-state index in [1.165, 1.54) is 6.07 Å². The molecule has 0 atom stereocenters. The highest BCUT2D eigenvalue weighted by molar-refractivity contribution is 6.31. The van der Waals surface area contributed by atoms with Crippen LogP contribution in [-0.4, -0.2) is 41.9 Å². The Morgan fingerprint density at radius 2 is 1.79 bits per heavy atom. The molecule has 0 aromatic heterocycles. The number of carbonyl (C=O) groups excluding carboxylic acids is 1. The van der Waals surface area contributed by atoms with Gasteiger partial charge in [-0.05, 0) is 30.7 Å². The van der Waals surface area contributed by atoms with E-state index >= 15 is 0 Å². The van der Waals surface area contributed by atoms with Gasteiger partial charge in [0.05, 0.1) is 0 Å². The van der Waals surface area contributed by atoms with E-state index in [1.54, 1.807) is 12.1 Å². The minimum absolute atomic E-state index is 0.0664. The van der Waals surface area contributed by atoms with Gasteiger partial charge in [-0.3, -0.25) is 9.69 Å². The number of amides is 1. The lowest BCUT2D eigenvalue weighted by molar-refractivity contribution is 0.0626. The van der Waals surface area contributed by atoms with E-state index in [0.29, 0.717) is 43.3 Å². The Balaban J connectivity index is 1.62. The fraction of sp³-hybridized carbons (Fsp3) is 0.316. The smallest absolute Gasteiger partial charge is 0.254 e. The molecule has 0 saturated carbocycles. The predicted molar refractivity (Wildman–Crippen MR) is 93.8 cm³/mol. The second-order valence-corrected chi connectivity index (χ2v) is 6.49. The second-order valence-electron chi connectivity index (χ2n) is 6.08. The summed E-state index contributed by atoms with van der Waals surface area (Å²) in [6.07, 6.45) is 0. The molecule has 1 aliphatic rings. The Hall–Kier alpha value is -1.91. The average molecular weight is 347 g/mol. The van der Waals surface area contributed by atoms with Crippen LogP contribution in [0.5, 0.6) is 0 Å². The molecule has 126 valence electrons. The van der Waals surface area contributed by atoms with Crippen molar-refractivity contribution >= 4 is 17.5 Å². The largest absolute Gasteiger partial charge is 0.336 e. The van der Waals surface area contributed by atoms with Gasteiger partial charge in [0.1, 0.15) is 5.82 Å². The van der Waals surface area contributed by atoms with Gasteiger partial charge < -0.3 is 4.90 Å². The maximum atomic E-state index is 13.9. The summed E-state index contributed by atoms with van der Waals surface area (Å²) in [5.41, 5.74) is 2.27. The van der Waals surface area contributed by atoms with Crippen molar-refractivity contribution in [1.29, 1.82) is 0 Å². The standard InChI is InChI=1S/C19H20ClFN2O/c1-14-5-2-3-6-15(14)19(24)23-11-9-22(10-12-23)13-16-17(20)7-4-8-18(16)21/h2-8H,9-13H2,1H3. The molecular formula is C19H20ClFN2O. The summed E-state index contributed by atoms with van der Waals surface area (Å²) in [7, 11) is 0. The first-order valence-corrected chi connectivity index (χ1v) is 8.44. The average Bonchev–Trinajstić information content (AvgIpc) is 2.59. The Labute approximate surface area is 146 Å². The predicted octanol–water partition coefficient (Wildman–Crippen LogP) is 3.75. The molecule has 2 aromatic carbocycles. The van der Waals surface area contributed by atoms with E-state index in [1.807, 2.05) is 36.1 Å². The van der Waals surface area contributed by atoms with Crippen molar-refractivity contribution < 1.29 is 9.18 Å². The molecule has 3 nitrogen and oxygen atoms in total. The van der Waals surface area contributed by atoms with Crippen LogP contribution in [0.4, 0.5) is 4.39 Å². The normalized spacial score (nSPS) is 15.5. The molecule has 2 aromatic rings. The van der Waals surface area contributed by atoms with Crippen LogP contribution in [0.15, 0.2) is 42.5 Å². The summed E-state index contributed by atoms with van der Waals surface area (Å²) in [6, 6.07) is 12.4. The molecule has 0 unspecified atom stereocenters. The summed E-state index contributed by atoms with van der Waals surface area (Å²) in [5.74, 6) is -0.211. The maximum absolute atomic E-state index is 13.9. The van der Waals surface area contributed by atoms with Gasteiger partial charge in [0, 0.05) is 48.9 Å². The first kappa shape index (κ1) is 16.9. The topological polar surface area (TPSA) is 23.6 Å². The van der Waals surface area contributed by atoms with Crippen LogP contribution >= 0.6 is 11.6 Å². The lowest BCUT2D eigenvalue weighted by Gasteiger charge is -2.35. The number of hydrogen-bond donors (Lipinski definition) is 0. The van der Waals surface area contributed by atoms with Crippen LogP contribution in [0.1, 0.15) is 21.5 Å². The second kappa shape index (κ2) is 7.32. The van der Waals surface area contributed by atoms with Crippen LogP contribution in [-0.2, 0) is 6.54 Å². The molecule has 5 heteroatoms. The Bertz CT molecular complexity index is 722. The number of halogens is 2. The third-order valence-corrected chi connectivity index (χ3v) is 4.83. The highest BCUT2D eigenvalue weighted by atomic mass is 35.5. The van der Waals surface area contributed by atoms with E-state index < -0.39 is 0 Å². The molecule has 1 fully saturated rings. The SMILES string of the molecule is Cc1ccccc1C(=O)N1CCN(Cc2c(F)cccc2Cl)CC1. The Morgan fingerprint density at radius 1 is 1.08 bits per heavy atom. The van der Waals surface area contributed by atoms with Crippen molar-refractivity contribution in [2.75, 3.05) is 26.2 Å². The van der Waals surface area contributed by atoms with Crippen molar-refractivity contribution in [3.63, 3.8) is 0 Å². The monoisotopic (exact) mass is 346 g/mol. The Kier molecular flexibility index (Phi) is 5.17. The van der Waals surface area contributed by atoms with Gasteiger partial charge >= 0.3 is 0 Å². The highest BCUT2D eigenvalue weighted by Crippen LogP contribution is 2.21. The van der Waals surface area contributed by atoms with Gasteiger partial charge in [-0.1, -0.05) is 35.9 Å². The minimum atomic E-state index is -0.277. The van der Waals surface area contributed by atoms with Crippen molar-refractivity contribution in [1.82, 2.24) is 9.80 Å². The van der Waals surface area contributed by atoms with Crippen LogP contribution in [0.2, 0.25) is 5.02 Å². The number of hydrogen-bond acceptors (Lipinski definition) is 2. The van der Waals surface area contributed by atoms with E-state index in [2.05, 4.69) is 4.90 Å². The summed E-state index contributed by atoms with van der Waals surface area (Å²) in [6.45, 7) is 5.12. The number of nitrogens with zero attached hydrogens (tertiary/aromatic N) is 2. The molecule has 24 heavy (non-hydrogen) atoms. The van der Waals surface area contributed by atoms with Crippen LogP contribution in [0, 0.1) is 12.7 Å². The molecule has 1 aliphatic heterocycles. The quantitative estimate of drug-likeness (QED) is 0.845. The molecule has 3 rings (SSSR count). The summed E-state index contributed by atoms with van der Waals surface area (Å²) < 4.78 is 13.9.